The first-order chi connectivity index (χ1) is 12.3. The van der Waals surface area contributed by atoms with Crippen molar-refractivity contribution in [2.75, 3.05) is 0 Å². The summed E-state index contributed by atoms with van der Waals surface area (Å²) in [6, 6.07) is 11.1. The molecule has 0 saturated carbocycles. The summed E-state index contributed by atoms with van der Waals surface area (Å²) >= 11 is 11.8. The molecule has 3 aromatic rings. The van der Waals surface area contributed by atoms with E-state index >= 15 is 0 Å². The molecule has 0 fully saturated rings. The van der Waals surface area contributed by atoms with Gasteiger partial charge in [0, 0.05) is 22.0 Å². The number of ether oxygens (including phenoxy) is 2. The molecule has 0 aliphatic rings. The minimum absolute atomic E-state index is 0.238. The van der Waals surface area contributed by atoms with E-state index in [0.717, 1.165) is 10.9 Å². The second-order valence-corrected chi connectivity index (χ2v) is 6.46. The molecule has 5 nitrogen and oxygen atoms in total. The van der Waals surface area contributed by atoms with Gasteiger partial charge in [-0.25, -0.2) is 9.59 Å². The van der Waals surface area contributed by atoms with E-state index in [-0.39, 0.29) is 5.75 Å². The van der Waals surface area contributed by atoms with Gasteiger partial charge in [-0.3, -0.25) is 0 Å². The molecule has 1 heterocycles. The van der Waals surface area contributed by atoms with Crippen molar-refractivity contribution in [1.82, 2.24) is 0 Å². The van der Waals surface area contributed by atoms with Crippen LogP contribution in [0.1, 0.15) is 11.1 Å². The van der Waals surface area contributed by atoms with E-state index in [1.165, 1.54) is 6.07 Å². The fourth-order valence-corrected chi connectivity index (χ4v) is 2.72. The van der Waals surface area contributed by atoms with Crippen LogP contribution in [0.5, 0.6) is 11.5 Å². The molecule has 2 aromatic carbocycles. The lowest BCUT2D eigenvalue weighted by atomic mass is 10.1. The zero-order valence-electron chi connectivity index (χ0n) is 13.9. The van der Waals surface area contributed by atoms with Crippen LogP contribution in [-0.2, 0) is 4.79 Å². The van der Waals surface area contributed by atoms with Crippen molar-refractivity contribution in [3.63, 3.8) is 0 Å². The van der Waals surface area contributed by atoms with Gasteiger partial charge in [0.1, 0.15) is 17.1 Å². The quantitative estimate of drug-likeness (QED) is 0.280. The molecule has 1 atom stereocenters. The molecule has 26 heavy (non-hydrogen) atoms. The van der Waals surface area contributed by atoms with Gasteiger partial charge in [0.15, 0.2) is 0 Å². The zero-order chi connectivity index (χ0) is 18.8. The number of fused-ring (bicyclic) bond motifs is 1. The molecule has 0 radical (unpaired) electrons. The number of rotatable bonds is 4. The second kappa shape index (κ2) is 7.40. The maximum atomic E-state index is 12.2. The Morgan fingerprint density at radius 3 is 2.50 bits per heavy atom. The van der Waals surface area contributed by atoms with Crippen LogP contribution in [0.2, 0.25) is 5.02 Å². The Bertz CT molecular complexity index is 1020. The average Bonchev–Trinajstić information content (AvgIpc) is 2.59. The van der Waals surface area contributed by atoms with Gasteiger partial charge in [-0.1, -0.05) is 23.2 Å². The predicted molar refractivity (Wildman–Crippen MR) is 99.3 cm³/mol. The Balaban J connectivity index is 1.81. The fourth-order valence-electron chi connectivity index (χ4n) is 2.45. The Hall–Kier alpha value is -2.50. The first-order valence-electron chi connectivity index (χ1n) is 7.67. The Morgan fingerprint density at radius 2 is 1.81 bits per heavy atom. The highest BCUT2D eigenvalue weighted by Crippen LogP contribution is 2.29. The summed E-state index contributed by atoms with van der Waals surface area (Å²) in [5, 5.41) is 1.30. The lowest BCUT2D eigenvalue weighted by molar-refractivity contribution is -0.138. The molecule has 7 heteroatoms. The van der Waals surface area contributed by atoms with Crippen molar-refractivity contribution < 1.29 is 18.7 Å². The van der Waals surface area contributed by atoms with Crippen LogP contribution in [0.3, 0.4) is 0 Å². The van der Waals surface area contributed by atoms with Gasteiger partial charge in [0.25, 0.3) is 5.56 Å². The van der Waals surface area contributed by atoms with E-state index in [1.807, 2.05) is 0 Å². The molecule has 0 aliphatic carbocycles. The summed E-state index contributed by atoms with van der Waals surface area (Å²) in [7, 11) is 0. The third-order valence-corrected chi connectivity index (χ3v) is 4.29. The second-order valence-electron chi connectivity index (χ2n) is 5.62. The topological polar surface area (TPSA) is 65.7 Å². The maximum Gasteiger partial charge on any atom is 0.368 e. The van der Waals surface area contributed by atoms with Gasteiger partial charge < -0.3 is 13.9 Å². The molecule has 0 bridgehead atoms. The lowest BCUT2D eigenvalue weighted by Gasteiger charge is -2.14. The molecule has 0 saturated heterocycles. The highest BCUT2D eigenvalue weighted by molar-refractivity contribution is 6.30. The molecule has 0 spiro atoms. The minimum Gasteiger partial charge on any atom is -0.463 e. The van der Waals surface area contributed by atoms with Gasteiger partial charge in [0.2, 0.25) is 0 Å². The largest absolute Gasteiger partial charge is 0.463 e. The Labute approximate surface area is 159 Å². The monoisotopic (exact) mass is 392 g/mol. The van der Waals surface area contributed by atoms with Crippen molar-refractivity contribution in [3.05, 3.63) is 69.0 Å². The van der Waals surface area contributed by atoms with Gasteiger partial charge in [-0.05, 0) is 55.8 Å². The van der Waals surface area contributed by atoms with Crippen LogP contribution in [0.25, 0.3) is 11.0 Å². The predicted octanol–water partition coefficient (Wildman–Crippen LogP) is 4.61. The number of alkyl halides is 1. The van der Waals surface area contributed by atoms with Gasteiger partial charge in [0.05, 0.1) is 0 Å². The minimum atomic E-state index is -1.35. The van der Waals surface area contributed by atoms with Gasteiger partial charge in [-0.2, -0.15) is 0 Å². The van der Waals surface area contributed by atoms with Crippen LogP contribution in [0.4, 0.5) is 0 Å². The summed E-state index contributed by atoms with van der Waals surface area (Å²) in [5.74, 6) is -0.177. The third-order valence-electron chi connectivity index (χ3n) is 3.77. The van der Waals surface area contributed by atoms with E-state index in [1.54, 1.807) is 50.2 Å². The number of hydrogen-bond acceptors (Lipinski definition) is 5. The van der Waals surface area contributed by atoms with Gasteiger partial charge >= 0.3 is 11.6 Å². The molecule has 0 aliphatic heterocycles. The van der Waals surface area contributed by atoms with Crippen molar-refractivity contribution in [2.24, 2.45) is 0 Å². The fraction of sp³-hybridized carbons (Fsp3) is 0.158. The molecule has 1 aromatic heterocycles. The number of carbonyl (C=O) groups excluding carboxylic acids is 1. The number of hydrogen-bond donors (Lipinski definition) is 0. The molecular weight excluding hydrogens is 379 g/mol. The molecule has 0 N–H and O–H groups in total. The van der Waals surface area contributed by atoms with Gasteiger partial charge in [-0.15, -0.1) is 0 Å². The van der Waals surface area contributed by atoms with Crippen LogP contribution < -0.4 is 15.1 Å². The zero-order valence-corrected chi connectivity index (χ0v) is 15.4. The molecular formula is C19H14Cl2O5. The van der Waals surface area contributed by atoms with E-state index < -0.39 is 17.2 Å². The van der Waals surface area contributed by atoms with Crippen molar-refractivity contribution >= 4 is 40.1 Å². The van der Waals surface area contributed by atoms with Crippen molar-refractivity contribution in [1.29, 1.82) is 0 Å². The number of aryl methyl sites for hydroxylation is 2. The molecule has 0 amide bonds. The average molecular weight is 393 g/mol. The summed E-state index contributed by atoms with van der Waals surface area (Å²) in [5.41, 5.74) is -0.158. The standard InChI is InChI=1S/C19H14Cl2O5/c1-10-9-16(22)26-17-11(2)15(8-7-14(10)17)25-19(23)18(21)24-13-5-3-12(20)4-6-13/h3-9,18H,1-2H3. The molecule has 1 unspecified atom stereocenters. The van der Waals surface area contributed by atoms with Crippen LogP contribution in [-0.4, -0.2) is 11.5 Å². The SMILES string of the molecule is Cc1cc(=O)oc2c(C)c(OC(=O)C(Cl)Oc3ccc(Cl)cc3)ccc12. The number of carbonyl (C=O) groups is 1. The maximum absolute atomic E-state index is 12.2. The summed E-state index contributed by atoms with van der Waals surface area (Å²) in [6.07, 6.45) is 0. The summed E-state index contributed by atoms with van der Waals surface area (Å²) in [4.78, 5) is 23.8. The Kier molecular flexibility index (Phi) is 5.20. The third kappa shape index (κ3) is 3.84. The molecule has 134 valence electrons. The number of halogens is 2. The smallest absolute Gasteiger partial charge is 0.368 e. The van der Waals surface area contributed by atoms with E-state index in [4.69, 9.17) is 37.1 Å². The normalized spacial score (nSPS) is 12.0. The lowest BCUT2D eigenvalue weighted by Crippen LogP contribution is -2.26. The highest BCUT2D eigenvalue weighted by atomic mass is 35.5. The van der Waals surface area contributed by atoms with Crippen LogP contribution in [0, 0.1) is 13.8 Å². The van der Waals surface area contributed by atoms with Crippen LogP contribution >= 0.6 is 23.2 Å². The highest BCUT2D eigenvalue weighted by Gasteiger charge is 2.21. The molecule has 3 rings (SSSR count). The summed E-state index contributed by atoms with van der Waals surface area (Å²) in [6.45, 7) is 3.50. The first kappa shape index (κ1) is 18.3. The number of benzene rings is 2. The van der Waals surface area contributed by atoms with E-state index in [9.17, 15) is 9.59 Å². The number of esters is 1. The Morgan fingerprint density at radius 1 is 1.12 bits per heavy atom. The van der Waals surface area contributed by atoms with Crippen molar-refractivity contribution in [2.45, 2.75) is 19.4 Å². The summed E-state index contributed by atoms with van der Waals surface area (Å²) < 4.78 is 15.9. The van der Waals surface area contributed by atoms with E-state index in [2.05, 4.69) is 0 Å². The van der Waals surface area contributed by atoms with E-state index in [0.29, 0.717) is 21.9 Å². The van der Waals surface area contributed by atoms with Crippen molar-refractivity contribution in [3.8, 4) is 11.5 Å². The first-order valence-corrected chi connectivity index (χ1v) is 8.48. The van der Waals surface area contributed by atoms with Crippen LogP contribution in [0.15, 0.2) is 51.7 Å².